The Morgan fingerprint density at radius 1 is 1.04 bits per heavy atom. The Balaban J connectivity index is 2.23. The van der Waals surface area contributed by atoms with E-state index < -0.39 is 0 Å². The molecule has 0 heterocycles. The van der Waals surface area contributed by atoms with Gasteiger partial charge in [0, 0.05) is 22.7 Å². The summed E-state index contributed by atoms with van der Waals surface area (Å²) in [7, 11) is 1.36. The van der Waals surface area contributed by atoms with Gasteiger partial charge >= 0.3 is 5.97 Å². The zero-order valence-corrected chi connectivity index (χ0v) is 15.1. The molecule has 5 heteroatoms. The van der Waals surface area contributed by atoms with Crippen molar-refractivity contribution in [2.45, 2.75) is 13.0 Å². The van der Waals surface area contributed by atoms with Gasteiger partial charge in [-0.15, -0.1) is 0 Å². The SMILES string of the molecule is COC(=O)/C=C(/C)CNC(c1ccc(Cl)cc1)c1ccc(Cl)cc1. The Labute approximate surface area is 152 Å². The van der Waals surface area contributed by atoms with Crippen LogP contribution in [-0.2, 0) is 9.53 Å². The first-order valence-electron chi connectivity index (χ1n) is 7.49. The van der Waals surface area contributed by atoms with E-state index in [1.807, 2.05) is 55.5 Å². The van der Waals surface area contributed by atoms with Crippen LogP contribution < -0.4 is 5.32 Å². The predicted octanol–water partition coefficient (Wildman–Crippen LogP) is 4.79. The van der Waals surface area contributed by atoms with Gasteiger partial charge in [0.2, 0.25) is 0 Å². The van der Waals surface area contributed by atoms with E-state index in [4.69, 9.17) is 23.2 Å². The predicted molar refractivity (Wildman–Crippen MR) is 98.5 cm³/mol. The number of carbonyl (C=O) groups is 1. The minimum atomic E-state index is -0.358. The summed E-state index contributed by atoms with van der Waals surface area (Å²) < 4.78 is 4.65. The lowest BCUT2D eigenvalue weighted by molar-refractivity contribution is -0.134. The fourth-order valence-corrected chi connectivity index (χ4v) is 2.56. The number of rotatable bonds is 6. The lowest BCUT2D eigenvalue weighted by atomic mass is 9.98. The van der Waals surface area contributed by atoms with E-state index in [0.29, 0.717) is 16.6 Å². The second-order valence-electron chi connectivity index (χ2n) is 5.43. The maximum absolute atomic E-state index is 11.3. The molecule has 0 amide bonds. The molecule has 0 fully saturated rings. The van der Waals surface area contributed by atoms with Gasteiger partial charge < -0.3 is 10.1 Å². The number of carbonyl (C=O) groups excluding carboxylic acids is 1. The molecular weight excluding hydrogens is 345 g/mol. The summed E-state index contributed by atoms with van der Waals surface area (Å²) in [5.41, 5.74) is 3.04. The fourth-order valence-electron chi connectivity index (χ4n) is 2.31. The van der Waals surface area contributed by atoms with E-state index in [2.05, 4.69) is 10.1 Å². The van der Waals surface area contributed by atoms with Crippen LogP contribution in [0.3, 0.4) is 0 Å². The van der Waals surface area contributed by atoms with Gasteiger partial charge in [-0.25, -0.2) is 4.79 Å². The Bertz CT molecular complexity index is 664. The standard InChI is InChI=1S/C19H19Cl2NO2/c1-13(11-18(23)24-2)12-22-19(14-3-7-16(20)8-4-14)15-5-9-17(21)10-6-15/h3-11,19,22H,12H2,1-2H3/b13-11-. The third-order valence-electron chi connectivity index (χ3n) is 3.56. The van der Waals surface area contributed by atoms with Crippen LogP contribution in [0.1, 0.15) is 24.1 Å². The minimum Gasteiger partial charge on any atom is -0.466 e. The van der Waals surface area contributed by atoms with Crippen LogP contribution in [0.15, 0.2) is 60.2 Å². The number of ether oxygens (including phenoxy) is 1. The van der Waals surface area contributed by atoms with E-state index >= 15 is 0 Å². The van der Waals surface area contributed by atoms with Crippen LogP contribution in [0.4, 0.5) is 0 Å². The Kier molecular flexibility index (Phi) is 6.85. The summed E-state index contributed by atoms with van der Waals surface area (Å²) in [4.78, 5) is 11.3. The number of nitrogens with one attached hydrogen (secondary N) is 1. The van der Waals surface area contributed by atoms with E-state index in [9.17, 15) is 4.79 Å². The quantitative estimate of drug-likeness (QED) is 0.592. The first kappa shape index (κ1) is 18.5. The number of methoxy groups -OCH3 is 1. The van der Waals surface area contributed by atoms with E-state index in [0.717, 1.165) is 16.7 Å². The first-order valence-corrected chi connectivity index (χ1v) is 8.24. The highest BCUT2D eigenvalue weighted by molar-refractivity contribution is 6.30. The average molecular weight is 364 g/mol. The number of hydrogen-bond acceptors (Lipinski definition) is 3. The molecular formula is C19H19Cl2NO2. The molecule has 2 aromatic rings. The maximum Gasteiger partial charge on any atom is 0.330 e. The zero-order chi connectivity index (χ0) is 17.5. The lowest BCUT2D eigenvalue weighted by Crippen LogP contribution is -2.24. The van der Waals surface area contributed by atoms with Crippen LogP contribution in [0, 0.1) is 0 Å². The molecule has 2 aromatic carbocycles. The van der Waals surface area contributed by atoms with Crippen LogP contribution in [-0.4, -0.2) is 19.6 Å². The van der Waals surface area contributed by atoms with Crippen LogP contribution >= 0.6 is 23.2 Å². The molecule has 0 radical (unpaired) electrons. The Hall–Kier alpha value is -1.81. The van der Waals surface area contributed by atoms with Crippen LogP contribution in [0.2, 0.25) is 10.0 Å². The van der Waals surface area contributed by atoms with E-state index in [1.165, 1.54) is 13.2 Å². The normalized spacial score (nSPS) is 11.6. The summed E-state index contributed by atoms with van der Waals surface area (Å²) in [5, 5.41) is 4.84. The Morgan fingerprint density at radius 2 is 1.50 bits per heavy atom. The molecule has 2 rings (SSSR count). The van der Waals surface area contributed by atoms with Crippen molar-refractivity contribution in [3.8, 4) is 0 Å². The van der Waals surface area contributed by atoms with Gasteiger partial charge in [0.1, 0.15) is 0 Å². The largest absolute Gasteiger partial charge is 0.466 e. The van der Waals surface area contributed by atoms with Gasteiger partial charge in [-0.2, -0.15) is 0 Å². The van der Waals surface area contributed by atoms with Gasteiger partial charge in [0.15, 0.2) is 0 Å². The molecule has 0 aliphatic carbocycles. The van der Waals surface area contributed by atoms with Crippen molar-refractivity contribution in [1.82, 2.24) is 5.32 Å². The van der Waals surface area contributed by atoms with Gasteiger partial charge in [-0.3, -0.25) is 0 Å². The topological polar surface area (TPSA) is 38.3 Å². The van der Waals surface area contributed by atoms with Gasteiger partial charge in [0.05, 0.1) is 13.2 Å². The van der Waals surface area contributed by atoms with Crippen LogP contribution in [0.25, 0.3) is 0 Å². The van der Waals surface area contributed by atoms with Crippen molar-refractivity contribution in [2.75, 3.05) is 13.7 Å². The summed E-state index contributed by atoms with van der Waals surface area (Å²) in [6, 6.07) is 15.3. The molecule has 0 spiro atoms. The average Bonchev–Trinajstić information content (AvgIpc) is 2.58. The van der Waals surface area contributed by atoms with Crippen molar-refractivity contribution in [2.24, 2.45) is 0 Å². The number of benzene rings is 2. The van der Waals surface area contributed by atoms with Gasteiger partial charge in [-0.1, -0.05) is 53.0 Å². The molecule has 24 heavy (non-hydrogen) atoms. The maximum atomic E-state index is 11.3. The smallest absolute Gasteiger partial charge is 0.330 e. The molecule has 0 atom stereocenters. The van der Waals surface area contributed by atoms with E-state index in [1.54, 1.807) is 0 Å². The van der Waals surface area contributed by atoms with Crippen molar-refractivity contribution in [3.63, 3.8) is 0 Å². The summed E-state index contributed by atoms with van der Waals surface area (Å²) in [6.45, 7) is 2.43. The third-order valence-corrected chi connectivity index (χ3v) is 4.06. The third kappa shape index (κ3) is 5.38. The van der Waals surface area contributed by atoms with Crippen molar-refractivity contribution in [1.29, 1.82) is 0 Å². The van der Waals surface area contributed by atoms with Crippen LogP contribution in [0.5, 0.6) is 0 Å². The van der Waals surface area contributed by atoms with Crippen molar-refractivity contribution < 1.29 is 9.53 Å². The number of hydrogen-bond donors (Lipinski definition) is 1. The lowest BCUT2D eigenvalue weighted by Gasteiger charge is -2.20. The molecule has 126 valence electrons. The monoisotopic (exact) mass is 363 g/mol. The summed E-state index contributed by atoms with van der Waals surface area (Å²) in [5.74, 6) is -0.358. The Morgan fingerprint density at radius 3 is 1.92 bits per heavy atom. The minimum absolute atomic E-state index is 0.0412. The number of halogens is 2. The molecule has 0 aliphatic heterocycles. The summed E-state index contributed by atoms with van der Waals surface area (Å²) in [6.07, 6.45) is 1.48. The molecule has 0 saturated heterocycles. The molecule has 0 bridgehead atoms. The molecule has 0 aliphatic rings. The molecule has 0 unspecified atom stereocenters. The highest BCUT2D eigenvalue weighted by atomic mass is 35.5. The summed E-state index contributed by atoms with van der Waals surface area (Å²) >= 11 is 12.0. The molecule has 1 N–H and O–H groups in total. The zero-order valence-electron chi connectivity index (χ0n) is 13.6. The van der Waals surface area contributed by atoms with E-state index in [-0.39, 0.29) is 12.0 Å². The van der Waals surface area contributed by atoms with Gasteiger partial charge in [-0.05, 0) is 42.3 Å². The second-order valence-corrected chi connectivity index (χ2v) is 6.30. The van der Waals surface area contributed by atoms with Crippen molar-refractivity contribution in [3.05, 3.63) is 81.4 Å². The molecule has 3 nitrogen and oxygen atoms in total. The van der Waals surface area contributed by atoms with Gasteiger partial charge in [0.25, 0.3) is 0 Å². The highest BCUT2D eigenvalue weighted by Gasteiger charge is 2.14. The van der Waals surface area contributed by atoms with Crippen molar-refractivity contribution >= 4 is 29.2 Å². The molecule has 0 aromatic heterocycles. The first-order chi connectivity index (χ1) is 11.5. The highest BCUT2D eigenvalue weighted by Crippen LogP contribution is 2.25. The molecule has 0 saturated carbocycles. The number of esters is 1. The second kappa shape index (κ2) is 8.88. The fraction of sp³-hybridized carbons (Fsp3) is 0.211.